The van der Waals surface area contributed by atoms with Gasteiger partial charge in [0.15, 0.2) is 11.9 Å². The van der Waals surface area contributed by atoms with Gasteiger partial charge in [-0.15, -0.1) is 0 Å². The second-order valence-electron chi connectivity index (χ2n) is 4.35. The molecule has 3 rings (SSSR count). The van der Waals surface area contributed by atoms with Crippen LogP contribution in [0, 0.1) is 0 Å². The van der Waals surface area contributed by atoms with Gasteiger partial charge in [-0.1, -0.05) is 0 Å². The van der Waals surface area contributed by atoms with Crippen LogP contribution in [0.4, 0.5) is 0 Å². The fourth-order valence-electron chi connectivity index (χ4n) is 2.17. The molecule has 0 radical (unpaired) electrons. The van der Waals surface area contributed by atoms with Crippen LogP contribution in [-0.2, 0) is 4.74 Å². The van der Waals surface area contributed by atoms with Crippen LogP contribution in [0.5, 0.6) is 6.01 Å². The summed E-state index contributed by atoms with van der Waals surface area (Å²) in [6.07, 6.45) is 0.354. The van der Waals surface area contributed by atoms with Crippen LogP contribution in [0.25, 0.3) is 11.2 Å². The molecule has 3 heterocycles. The summed E-state index contributed by atoms with van der Waals surface area (Å²) in [6.45, 7) is -0.335. The maximum Gasteiger partial charge on any atom is 0.315 e. The quantitative estimate of drug-likeness (QED) is 0.495. The van der Waals surface area contributed by atoms with Crippen molar-refractivity contribution < 1.29 is 20.1 Å². The van der Waals surface area contributed by atoms with Crippen LogP contribution in [0.15, 0.2) is 12.5 Å². The van der Waals surface area contributed by atoms with Gasteiger partial charge in [0.1, 0.15) is 17.7 Å². The van der Waals surface area contributed by atoms with Crippen LogP contribution in [0.3, 0.4) is 0 Å². The second kappa shape index (κ2) is 4.38. The highest BCUT2D eigenvalue weighted by Crippen LogP contribution is 2.30. The average Bonchev–Trinajstić information content (AvgIpc) is 2.92. The summed E-state index contributed by atoms with van der Waals surface area (Å²) in [5, 5.41) is 28.2. The largest absolute Gasteiger partial charge is 0.479 e. The van der Waals surface area contributed by atoms with E-state index in [1.807, 2.05) is 0 Å². The number of imidazole rings is 1. The molecular weight excluding hydrogens is 254 g/mol. The van der Waals surface area contributed by atoms with Gasteiger partial charge < -0.3 is 25.8 Å². The first-order valence-electron chi connectivity index (χ1n) is 5.70. The van der Waals surface area contributed by atoms with E-state index in [0.29, 0.717) is 11.2 Å². The van der Waals surface area contributed by atoms with E-state index < -0.39 is 24.5 Å². The van der Waals surface area contributed by atoms with Crippen molar-refractivity contribution in [2.24, 2.45) is 5.73 Å². The van der Waals surface area contributed by atoms with E-state index in [4.69, 9.17) is 15.6 Å². The molecule has 102 valence electrons. The number of aromatic nitrogens is 4. The molecule has 9 nitrogen and oxygen atoms in total. The van der Waals surface area contributed by atoms with Gasteiger partial charge in [-0.25, -0.2) is 9.97 Å². The number of ether oxygens (including phenoxy) is 1. The zero-order valence-electron chi connectivity index (χ0n) is 9.79. The maximum absolute atomic E-state index is 9.83. The number of hydrogen-bond acceptors (Lipinski definition) is 8. The number of fused-ring (bicyclic) bond motifs is 1. The molecule has 2 aromatic heterocycles. The highest BCUT2D eigenvalue weighted by atomic mass is 16.5. The van der Waals surface area contributed by atoms with Gasteiger partial charge in [0.05, 0.1) is 25.2 Å². The van der Waals surface area contributed by atoms with Crippen molar-refractivity contribution in [2.45, 2.75) is 24.5 Å². The minimum atomic E-state index is -0.983. The molecular formula is C10H13N5O4. The van der Waals surface area contributed by atoms with Crippen LogP contribution in [0.2, 0.25) is 0 Å². The molecule has 2 aromatic rings. The van der Waals surface area contributed by atoms with Crippen LogP contribution in [0.1, 0.15) is 6.23 Å². The molecule has 0 amide bonds. The lowest BCUT2D eigenvalue weighted by Crippen LogP contribution is -2.39. The molecule has 0 aliphatic carbocycles. The zero-order valence-corrected chi connectivity index (χ0v) is 9.79. The summed E-state index contributed by atoms with van der Waals surface area (Å²) >= 11 is 0. The van der Waals surface area contributed by atoms with Crippen molar-refractivity contribution in [2.75, 3.05) is 6.61 Å². The third-order valence-corrected chi connectivity index (χ3v) is 3.18. The van der Waals surface area contributed by atoms with Crippen molar-refractivity contribution in [3.63, 3.8) is 0 Å². The molecule has 0 bridgehead atoms. The molecule has 1 aliphatic rings. The third kappa shape index (κ3) is 1.83. The Hall–Kier alpha value is -1.81. The number of nitrogens with zero attached hydrogens (tertiary/aromatic N) is 4. The van der Waals surface area contributed by atoms with Crippen molar-refractivity contribution >= 4 is 11.2 Å². The number of aliphatic hydroxyl groups excluding tert-OH is 2. The van der Waals surface area contributed by atoms with Gasteiger partial charge in [0.25, 0.3) is 0 Å². The van der Waals surface area contributed by atoms with Crippen molar-refractivity contribution in [3.05, 3.63) is 12.5 Å². The van der Waals surface area contributed by atoms with Crippen molar-refractivity contribution in [1.82, 2.24) is 19.5 Å². The van der Waals surface area contributed by atoms with E-state index in [1.165, 1.54) is 17.1 Å². The highest BCUT2D eigenvalue weighted by molar-refractivity contribution is 5.69. The Balaban J connectivity index is 2.03. The van der Waals surface area contributed by atoms with Gasteiger partial charge in [0.2, 0.25) is 0 Å². The molecule has 0 spiro atoms. The van der Waals surface area contributed by atoms with E-state index in [-0.39, 0.29) is 12.6 Å². The Morgan fingerprint density at radius 2 is 2.21 bits per heavy atom. The van der Waals surface area contributed by atoms with E-state index in [0.717, 1.165) is 0 Å². The third-order valence-electron chi connectivity index (χ3n) is 3.18. The Bertz CT molecular complexity index is 603. The van der Waals surface area contributed by atoms with Crippen molar-refractivity contribution in [1.29, 1.82) is 0 Å². The first kappa shape index (κ1) is 12.2. The fraction of sp³-hybridized carbons (Fsp3) is 0.500. The Morgan fingerprint density at radius 1 is 1.42 bits per heavy atom. The minimum Gasteiger partial charge on any atom is -0.479 e. The van der Waals surface area contributed by atoms with Gasteiger partial charge >= 0.3 is 6.01 Å². The number of hydrogen-bond donors (Lipinski definition) is 4. The highest BCUT2D eigenvalue weighted by Gasteiger charge is 2.42. The molecule has 0 aromatic carbocycles. The molecule has 19 heavy (non-hydrogen) atoms. The first-order valence-corrected chi connectivity index (χ1v) is 5.70. The van der Waals surface area contributed by atoms with E-state index in [2.05, 4.69) is 15.0 Å². The van der Waals surface area contributed by atoms with E-state index in [9.17, 15) is 10.2 Å². The minimum absolute atomic E-state index is 0.335. The number of aliphatic hydroxyl groups is 2. The molecule has 1 fully saturated rings. The van der Waals surface area contributed by atoms with E-state index in [1.54, 1.807) is 0 Å². The smallest absolute Gasteiger partial charge is 0.315 e. The summed E-state index contributed by atoms with van der Waals surface area (Å²) in [5.74, 6) is 0. The predicted octanol–water partition coefficient (Wildman–Crippen LogP) is -1.89. The van der Waals surface area contributed by atoms with E-state index >= 15 is 0 Å². The number of rotatable bonds is 2. The first-order chi connectivity index (χ1) is 9.11. The number of nitrogens with two attached hydrogens (primary N) is 1. The van der Waals surface area contributed by atoms with Gasteiger partial charge in [-0.05, 0) is 0 Å². The summed E-state index contributed by atoms with van der Waals surface area (Å²) in [4.78, 5) is 11.5. The standard InChI is InChI=1S/C10H13N5O4/c11-6-7(17)5(2-16)19-9(6)15-3-13-4-1-12-10(18)14-8(4)15/h1,3,5-7,9,16-17H,2,11H2,(H,12,14,18)/t5-,6?,7-,9?/m1/s1. The molecule has 2 unspecified atom stereocenters. The SMILES string of the molecule is NC1C(n2cnc3cnc(O)nc32)O[C@H](CO)[C@H]1O. The molecule has 5 N–H and O–H groups in total. The van der Waals surface area contributed by atoms with Gasteiger partial charge in [-0.2, -0.15) is 4.98 Å². The Kier molecular flexibility index (Phi) is 2.82. The topological polar surface area (TPSA) is 140 Å². The Labute approximate surface area is 107 Å². The Morgan fingerprint density at radius 3 is 2.89 bits per heavy atom. The fourth-order valence-corrected chi connectivity index (χ4v) is 2.17. The van der Waals surface area contributed by atoms with Gasteiger partial charge in [0, 0.05) is 0 Å². The maximum atomic E-state index is 9.83. The van der Waals surface area contributed by atoms with Gasteiger partial charge in [-0.3, -0.25) is 4.57 Å². The lowest BCUT2D eigenvalue weighted by atomic mass is 10.1. The van der Waals surface area contributed by atoms with Crippen LogP contribution in [-0.4, -0.2) is 59.7 Å². The predicted molar refractivity (Wildman–Crippen MR) is 62.0 cm³/mol. The normalized spacial score (nSPS) is 31.1. The van der Waals surface area contributed by atoms with Crippen LogP contribution >= 0.6 is 0 Å². The zero-order chi connectivity index (χ0) is 13.6. The van der Waals surface area contributed by atoms with Crippen molar-refractivity contribution in [3.8, 4) is 6.01 Å². The molecule has 1 aliphatic heterocycles. The summed E-state index contributed by atoms with van der Waals surface area (Å²) in [6, 6.07) is -1.12. The molecule has 4 atom stereocenters. The molecule has 0 saturated carbocycles. The van der Waals surface area contributed by atoms with Crippen LogP contribution < -0.4 is 5.73 Å². The summed E-state index contributed by atoms with van der Waals surface area (Å²) < 4.78 is 6.98. The lowest BCUT2D eigenvalue weighted by Gasteiger charge is -2.17. The lowest BCUT2D eigenvalue weighted by molar-refractivity contribution is -0.0437. The molecule has 9 heteroatoms. The average molecular weight is 267 g/mol. The summed E-state index contributed by atoms with van der Waals surface area (Å²) in [5.41, 5.74) is 6.68. The number of aromatic hydroxyl groups is 1. The second-order valence-corrected chi connectivity index (χ2v) is 4.35. The summed E-state index contributed by atoms with van der Waals surface area (Å²) in [7, 11) is 0. The monoisotopic (exact) mass is 267 g/mol. The molecule has 1 saturated heterocycles.